The summed E-state index contributed by atoms with van der Waals surface area (Å²) < 4.78 is 0. The summed E-state index contributed by atoms with van der Waals surface area (Å²) >= 11 is 0. The number of rotatable bonds is 5. The van der Waals surface area contributed by atoms with E-state index >= 15 is 0 Å². The van der Waals surface area contributed by atoms with Crippen molar-refractivity contribution < 1.29 is 9.59 Å². The monoisotopic (exact) mass is 328 g/mol. The average molecular weight is 328 g/mol. The number of nitroso groups, excluding NO2 is 1. The number of fused-ring (bicyclic) bond motifs is 1. The Kier molecular flexibility index (Phi) is 5.38. The lowest BCUT2D eigenvalue weighted by molar-refractivity contribution is -0.134. The molecular formula is C19H24N2O3. The molecule has 2 amide bonds. The molecule has 3 atom stereocenters. The Labute approximate surface area is 142 Å². The molecule has 3 rings (SSSR count). The predicted molar refractivity (Wildman–Crippen MR) is 91.1 cm³/mol. The van der Waals surface area contributed by atoms with Crippen molar-refractivity contribution in [2.45, 2.75) is 38.5 Å². The van der Waals surface area contributed by atoms with Gasteiger partial charge in [0.25, 0.3) is 5.91 Å². The lowest BCUT2D eigenvalue weighted by Crippen LogP contribution is -2.32. The summed E-state index contributed by atoms with van der Waals surface area (Å²) in [6, 6.07) is 9.48. The van der Waals surface area contributed by atoms with Crippen molar-refractivity contribution in [1.82, 2.24) is 4.90 Å². The molecule has 1 saturated heterocycles. The lowest BCUT2D eigenvalue weighted by atomic mass is 9.82. The highest BCUT2D eigenvalue weighted by molar-refractivity contribution is 5.86. The Morgan fingerprint density at radius 3 is 2.29 bits per heavy atom. The van der Waals surface area contributed by atoms with Gasteiger partial charge < -0.3 is 4.90 Å². The van der Waals surface area contributed by atoms with E-state index < -0.39 is 11.8 Å². The van der Waals surface area contributed by atoms with Gasteiger partial charge in [-0.15, -0.1) is 4.91 Å². The third-order valence-corrected chi connectivity index (χ3v) is 5.51. The molecule has 1 aliphatic carbocycles. The molecular weight excluding hydrogens is 304 g/mol. The molecule has 1 aromatic carbocycles. The van der Waals surface area contributed by atoms with Crippen molar-refractivity contribution >= 4 is 11.8 Å². The van der Waals surface area contributed by atoms with Crippen LogP contribution in [0.2, 0.25) is 0 Å². The minimum Gasteiger partial charge on any atom is -0.342 e. The lowest BCUT2D eigenvalue weighted by Gasteiger charge is -2.22. The fourth-order valence-corrected chi connectivity index (χ4v) is 4.17. The van der Waals surface area contributed by atoms with Crippen LogP contribution in [0.25, 0.3) is 0 Å². The van der Waals surface area contributed by atoms with Crippen molar-refractivity contribution in [2.75, 3.05) is 13.1 Å². The number of amides is 2. The smallest absolute Gasteiger partial charge is 0.290 e. The topological polar surface area (TPSA) is 66.8 Å². The van der Waals surface area contributed by atoms with E-state index in [4.69, 9.17) is 0 Å². The molecule has 1 aromatic rings. The molecule has 2 fully saturated rings. The first-order valence-corrected chi connectivity index (χ1v) is 8.86. The minimum atomic E-state index is -0.719. The number of benzene rings is 1. The highest BCUT2D eigenvalue weighted by Gasteiger charge is 2.37. The number of carbonyl (C=O) groups is 2. The molecule has 2 aliphatic rings. The summed E-state index contributed by atoms with van der Waals surface area (Å²) in [5.41, 5.74) is 0.947. The van der Waals surface area contributed by atoms with Crippen LogP contribution in [0.15, 0.2) is 35.5 Å². The Hall–Kier alpha value is -2.04. The largest absolute Gasteiger partial charge is 0.342 e. The van der Waals surface area contributed by atoms with Gasteiger partial charge in [0.05, 0.1) is 5.92 Å². The third kappa shape index (κ3) is 3.89. The molecule has 0 spiro atoms. The second-order valence-electron chi connectivity index (χ2n) is 7.12. The van der Waals surface area contributed by atoms with Crippen LogP contribution in [-0.4, -0.2) is 29.8 Å². The van der Waals surface area contributed by atoms with E-state index in [1.165, 1.54) is 25.7 Å². The van der Waals surface area contributed by atoms with Crippen LogP contribution in [0.1, 0.15) is 37.7 Å². The molecule has 1 unspecified atom stereocenters. The first-order chi connectivity index (χ1) is 11.7. The number of nitrogens with zero attached hydrogens (tertiary/aromatic N) is 2. The van der Waals surface area contributed by atoms with Crippen LogP contribution in [0.4, 0.5) is 0 Å². The van der Waals surface area contributed by atoms with E-state index in [1.54, 1.807) is 0 Å². The van der Waals surface area contributed by atoms with E-state index in [0.29, 0.717) is 18.3 Å². The van der Waals surface area contributed by atoms with Gasteiger partial charge in [-0.3, -0.25) is 9.59 Å². The van der Waals surface area contributed by atoms with Crippen molar-refractivity contribution in [2.24, 2.45) is 22.9 Å². The summed E-state index contributed by atoms with van der Waals surface area (Å²) in [7, 11) is 0. The van der Waals surface area contributed by atoms with Crippen molar-refractivity contribution in [3.63, 3.8) is 0 Å². The van der Waals surface area contributed by atoms with Gasteiger partial charge in [0.15, 0.2) is 0 Å². The first-order valence-electron chi connectivity index (χ1n) is 8.86. The van der Waals surface area contributed by atoms with Gasteiger partial charge in [-0.1, -0.05) is 43.2 Å². The van der Waals surface area contributed by atoms with Crippen LogP contribution in [0.5, 0.6) is 0 Å². The third-order valence-electron chi connectivity index (χ3n) is 5.51. The van der Waals surface area contributed by atoms with Gasteiger partial charge in [0.1, 0.15) is 0 Å². The molecule has 128 valence electrons. The first kappa shape index (κ1) is 16.8. The number of hydrogen-bond acceptors (Lipinski definition) is 3. The minimum absolute atomic E-state index is 0.0117. The van der Waals surface area contributed by atoms with E-state index in [1.807, 2.05) is 35.2 Å². The highest BCUT2D eigenvalue weighted by Crippen LogP contribution is 2.36. The molecule has 0 bridgehead atoms. The van der Waals surface area contributed by atoms with E-state index in [0.717, 1.165) is 18.7 Å². The molecule has 1 heterocycles. The second-order valence-corrected chi connectivity index (χ2v) is 7.12. The van der Waals surface area contributed by atoms with Gasteiger partial charge in [-0.2, -0.15) is 0 Å². The SMILES string of the molecule is O=NC(=O)C(CC(=O)N1C[C@H]2CCCC[C@H]2C1)Cc1ccccc1. The summed E-state index contributed by atoms with van der Waals surface area (Å²) in [4.78, 5) is 37.1. The van der Waals surface area contributed by atoms with Crippen LogP contribution in [0.3, 0.4) is 0 Å². The standard InChI is InChI=1S/C19H24N2O3/c22-18(21-12-15-8-4-5-9-16(15)13-21)11-17(19(23)20-24)10-14-6-2-1-3-7-14/h1-3,6-7,15-17H,4-5,8-13H2/t15-,16+,17?. The van der Waals surface area contributed by atoms with Crippen molar-refractivity contribution in [3.05, 3.63) is 40.8 Å². The summed E-state index contributed by atoms with van der Waals surface area (Å²) in [6.07, 6.45) is 5.39. The zero-order valence-corrected chi connectivity index (χ0v) is 13.9. The van der Waals surface area contributed by atoms with Crippen molar-refractivity contribution in [1.29, 1.82) is 0 Å². The molecule has 0 N–H and O–H groups in total. The average Bonchev–Trinajstić information content (AvgIpc) is 3.05. The van der Waals surface area contributed by atoms with Gasteiger partial charge in [-0.05, 0) is 36.7 Å². The maximum absolute atomic E-state index is 12.6. The van der Waals surface area contributed by atoms with Crippen molar-refractivity contribution in [3.8, 4) is 0 Å². The molecule has 0 aromatic heterocycles. The van der Waals surface area contributed by atoms with E-state index in [2.05, 4.69) is 5.18 Å². The zero-order chi connectivity index (χ0) is 16.9. The molecule has 5 nitrogen and oxygen atoms in total. The number of hydrogen-bond donors (Lipinski definition) is 0. The summed E-state index contributed by atoms with van der Waals surface area (Å²) in [6.45, 7) is 1.62. The summed E-state index contributed by atoms with van der Waals surface area (Å²) in [5.74, 6) is -0.142. The van der Waals surface area contributed by atoms with E-state index in [9.17, 15) is 14.5 Å². The zero-order valence-electron chi connectivity index (χ0n) is 13.9. The second kappa shape index (κ2) is 7.69. The van der Waals surface area contributed by atoms with Gasteiger partial charge in [-0.25, -0.2) is 0 Å². The Morgan fingerprint density at radius 2 is 1.71 bits per heavy atom. The predicted octanol–water partition coefficient (Wildman–Crippen LogP) is 3.18. The molecule has 24 heavy (non-hydrogen) atoms. The van der Waals surface area contributed by atoms with Crippen LogP contribution < -0.4 is 0 Å². The fourth-order valence-electron chi connectivity index (χ4n) is 4.17. The Balaban J connectivity index is 1.63. The Morgan fingerprint density at radius 1 is 1.08 bits per heavy atom. The number of likely N-dealkylation sites (tertiary alicyclic amines) is 1. The quantitative estimate of drug-likeness (QED) is 0.780. The molecule has 1 aliphatic heterocycles. The van der Waals surface area contributed by atoms with Crippen LogP contribution >= 0.6 is 0 Å². The van der Waals surface area contributed by atoms with Gasteiger partial charge in [0.2, 0.25) is 5.91 Å². The molecule has 1 saturated carbocycles. The maximum Gasteiger partial charge on any atom is 0.290 e. The summed E-state index contributed by atoms with van der Waals surface area (Å²) in [5, 5.41) is 2.58. The highest BCUT2D eigenvalue weighted by atomic mass is 16.3. The van der Waals surface area contributed by atoms with Crippen LogP contribution in [-0.2, 0) is 16.0 Å². The maximum atomic E-state index is 12.6. The fraction of sp³-hybridized carbons (Fsp3) is 0.579. The van der Waals surface area contributed by atoms with Crippen LogP contribution in [0, 0.1) is 22.7 Å². The number of carbonyl (C=O) groups excluding carboxylic acids is 2. The Bertz CT molecular complexity index is 588. The molecule has 0 radical (unpaired) electrons. The van der Waals surface area contributed by atoms with E-state index in [-0.39, 0.29) is 12.3 Å². The van der Waals surface area contributed by atoms with Gasteiger partial charge >= 0.3 is 0 Å². The molecule has 5 heteroatoms. The normalized spacial score (nSPS) is 24.2. The van der Waals surface area contributed by atoms with Gasteiger partial charge in [0, 0.05) is 24.7 Å².